The van der Waals surface area contributed by atoms with Crippen LogP contribution in [0.4, 0.5) is 17.1 Å². The van der Waals surface area contributed by atoms with Gasteiger partial charge in [-0.2, -0.15) is 0 Å². The van der Waals surface area contributed by atoms with Crippen molar-refractivity contribution in [2.24, 2.45) is 0 Å². The van der Waals surface area contributed by atoms with Gasteiger partial charge in [-0.1, -0.05) is 0 Å². The van der Waals surface area contributed by atoms with Gasteiger partial charge in [0.15, 0.2) is 0 Å². The normalized spacial score (nSPS) is 13.3. The third kappa shape index (κ3) is 4.63. The first-order chi connectivity index (χ1) is 14.8. The predicted molar refractivity (Wildman–Crippen MR) is 111 cm³/mol. The number of methoxy groups -OCH3 is 1. The molecule has 2 aromatic rings. The minimum absolute atomic E-state index is 0.0187. The Bertz CT molecular complexity index is 1020. The number of anilines is 2. The van der Waals surface area contributed by atoms with E-state index >= 15 is 0 Å². The third-order valence-corrected chi connectivity index (χ3v) is 4.78. The first kappa shape index (κ1) is 21.8. The molecule has 162 valence electrons. The van der Waals surface area contributed by atoms with Crippen molar-refractivity contribution in [3.05, 3.63) is 58.1 Å². The summed E-state index contributed by atoms with van der Waals surface area (Å²) in [5.41, 5.74) is 0.858. The Kier molecular flexibility index (Phi) is 6.49. The molecule has 31 heavy (non-hydrogen) atoms. The van der Waals surface area contributed by atoms with E-state index in [9.17, 15) is 24.5 Å². The molecule has 1 heterocycles. The molecule has 1 aliphatic heterocycles. The summed E-state index contributed by atoms with van der Waals surface area (Å²) in [6.45, 7) is 1.63. The molecule has 2 amide bonds. The van der Waals surface area contributed by atoms with Crippen LogP contribution in [-0.4, -0.2) is 49.5 Å². The summed E-state index contributed by atoms with van der Waals surface area (Å²) in [5.74, 6) is -0.890. The Hall–Kier alpha value is -3.95. The maximum absolute atomic E-state index is 13.2. The van der Waals surface area contributed by atoms with Crippen molar-refractivity contribution in [3.8, 4) is 5.75 Å². The lowest BCUT2D eigenvalue weighted by Gasteiger charge is -2.25. The summed E-state index contributed by atoms with van der Waals surface area (Å²) in [4.78, 5) is 51.1. The van der Waals surface area contributed by atoms with Gasteiger partial charge in [0.05, 0.1) is 30.0 Å². The van der Waals surface area contributed by atoms with Crippen molar-refractivity contribution < 1.29 is 28.8 Å². The maximum atomic E-state index is 13.2. The van der Waals surface area contributed by atoms with Crippen LogP contribution in [0, 0.1) is 10.1 Å². The Balaban J connectivity index is 2.02. The first-order valence-corrected chi connectivity index (χ1v) is 9.56. The molecule has 0 saturated carbocycles. The maximum Gasteiger partial charge on any atom is 0.326 e. The van der Waals surface area contributed by atoms with Crippen LogP contribution in [-0.2, 0) is 14.3 Å². The van der Waals surface area contributed by atoms with Crippen LogP contribution in [0.2, 0.25) is 0 Å². The van der Waals surface area contributed by atoms with Crippen LogP contribution in [0.5, 0.6) is 5.75 Å². The molecule has 0 atom stereocenters. The van der Waals surface area contributed by atoms with Crippen molar-refractivity contribution in [2.75, 3.05) is 36.6 Å². The Morgan fingerprint density at radius 1 is 1.13 bits per heavy atom. The van der Waals surface area contributed by atoms with Crippen molar-refractivity contribution >= 4 is 34.8 Å². The second kappa shape index (κ2) is 9.24. The zero-order chi connectivity index (χ0) is 22.5. The van der Waals surface area contributed by atoms with E-state index in [2.05, 4.69) is 0 Å². The first-order valence-electron chi connectivity index (χ1n) is 9.56. The molecule has 0 saturated heterocycles. The number of ether oxygens (including phenoxy) is 2. The molecule has 3 rings (SSSR count). The van der Waals surface area contributed by atoms with Crippen LogP contribution < -0.4 is 14.5 Å². The average molecular weight is 427 g/mol. The number of hydrogen-bond donors (Lipinski definition) is 0. The molecule has 0 aromatic heterocycles. The molecule has 0 radical (unpaired) electrons. The molecule has 0 fully saturated rings. The van der Waals surface area contributed by atoms with Gasteiger partial charge in [-0.15, -0.1) is 0 Å². The van der Waals surface area contributed by atoms with E-state index in [0.29, 0.717) is 17.1 Å². The molecule has 2 aromatic carbocycles. The van der Waals surface area contributed by atoms with Gasteiger partial charge in [-0.25, -0.2) is 0 Å². The van der Waals surface area contributed by atoms with Gasteiger partial charge in [-0.3, -0.25) is 29.4 Å². The van der Waals surface area contributed by atoms with Gasteiger partial charge in [-0.05, 0) is 31.2 Å². The lowest BCUT2D eigenvalue weighted by molar-refractivity contribution is -0.384. The van der Waals surface area contributed by atoms with Crippen LogP contribution in [0.25, 0.3) is 0 Å². The second-order valence-electron chi connectivity index (χ2n) is 6.65. The van der Waals surface area contributed by atoms with Crippen molar-refractivity contribution in [2.45, 2.75) is 13.3 Å². The Labute approximate surface area is 178 Å². The topological polar surface area (TPSA) is 119 Å². The third-order valence-electron chi connectivity index (χ3n) is 4.78. The number of carbonyl (C=O) groups is 3. The van der Waals surface area contributed by atoms with Gasteiger partial charge in [0.25, 0.3) is 11.6 Å². The van der Waals surface area contributed by atoms with E-state index in [1.807, 2.05) is 0 Å². The van der Waals surface area contributed by atoms with Gasteiger partial charge in [0.1, 0.15) is 12.3 Å². The standard InChI is InChI=1S/C21H21N3O7/c1-3-31-20(26)13-23-18-12-16(30-2)8-9-17(18)22(11-10-19(23)25)21(27)14-4-6-15(7-5-14)24(28)29/h4-9,12H,3,10-11,13H2,1-2H3. The summed E-state index contributed by atoms with van der Waals surface area (Å²) in [6.07, 6.45) is -0.0187. The van der Waals surface area contributed by atoms with E-state index < -0.39 is 16.8 Å². The number of nitro groups is 1. The van der Waals surface area contributed by atoms with E-state index in [-0.39, 0.29) is 43.3 Å². The number of non-ortho nitro benzene ring substituents is 1. The molecule has 10 nitrogen and oxygen atoms in total. The van der Waals surface area contributed by atoms with Gasteiger partial charge < -0.3 is 14.4 Å². The Morgan fingerprint density at radius 3 is 2.45 bits per heavy atom. The summed E-state index contributed by atoms with van der Waals surface area (Å²) >= 11 is 0. The molecule has 0 spiro atoms. The largest absolute Gasteiger partial charge is 0.497 e. The van der Waals surface area contributed by atoms with E-state index in [1.54, 1.807) is 25.1 Å². The van der Waals surface area contributed by atoms with Crippen LogP contribution >= 0.6 is 0 Å². The molecular weight excluding hydrogens is 406 g/mol. The molecular formula is C21H21N3O7. The van der Waals surface area contributed by atoms with Crippen LogP contribution in [0.1, 0.15) is 23.7 Å². The summed E-state index contributed by atoms with van der Waals surface area (Å²) in [6, 6.07) is 10.1. The molecule has 10 heteroatoms. The number of amides is 2. The van der Waals surface area contributed by atoms with Crippen LogP contribution in [0.15, 0.2) is 42.5 Å². The fourth-order valence-corrected chi connectivity index (χ4v) is 3.27. The smallest absolute Gasteiger partial charge is 0.326 e. The number of carbonyl (C=O) groups excluding carboxylic acids is 3. The zero-order valence-electron chi connectivity index (χ0n) is 17.1. The van der Waals surface area contributed by atoms with Crippen LogP contribution in [0.3, 0.4) is 0 Å². The number of fused-ring (bicyclic) bond motifs is 1. The zero-order valence-corrected chi connectivity index (χ0v) is 17.1. The lowest BCUT2D eigenvalue weighted by atomic mass is 10.1. The van der Waals surface area contributed by atoms with Gasteiger partial charge >= 0.3 is 5.97 Å². The number of hydrogen-bond acceptors (Lipinski definition) is 7. The van der Waals surface area contributed by atoms with Crippen molar-refractivity contribution in [1.29, 1.82) is 0 Å². The number of nitro benzene ring substituents is 1. The highest BCUT2D eigenvalue weighted by molar-refractivity contribution is 6.12. The van der Waals surface area contributed by atoms with E-state index in [1.165, 1.54) is 41.2 Å². The van der Waals surface area contributed by atoms with E-state index in [0.717, 1.165) is 0 Å². The minimum atomic E-state index is -0.570. The lowest BCUT2D eigenvalue weighted by Crippen LogP contribution is -2.36. The number of benzene rings is 2. The van der Waals surface area contributed by atoms with Gasteiger partial charge in [0.2, 0.25) is 5.91 Å². The molecule has 0 aliphatic carbocycles. The molecule has 0 bridgehead atoms. The molecule has 1 aliphatic rings. The number of rotatable bonds is 6. The SMILES string of the molecule is CCOC(=O)CN1C(=O)CCN(C(=O)c2ccc([N+](=O)[O-])cc2)c2ccc(OC)cc21. The number of esters is 1. The fourth-order valence-electron chi connectivity index (χ4n) is 3.27. The second-order valence-corrected chi connectivity index (χ2v) is 6.65. The predicted octanol–water partition coefficient (Wildman–Crippen LogP) is 2.55. The van der Waals surface area contributed by atoms with Crippen molar-refractivity contribution in [3.63, 3.8) is 0 Å². The highest BCUT2D eigenvalue weighted by Crippen LogP contribution is 2.37. The monoisotopic (exact) mass is 427 g/mol. The summed E-state index contributed by atoms with van der Waals surface area (Å²) < 4.78 is 10.2. The minimum Gasteiger partial charge on any atom is -0.497 e. The van der Waals surface area contributed by atoms with Crippen molar-refractivity contribution in [1.82, 2.24) is 0 Å². The Morgan fingerprint density at radius 2 is 1.84 bits per heavy atom. The highest BCUT2D eigenvalue weighted by atomic mass is 16.6. The molecule has 0 N–H and O–H groups in total. The average Bonchev–Trinajstić information content (AvgIpc) is 2.90. The summed E-state index contributed by atoms with van der Waals surface area (Å²) in [5, 5.41) is 10.9. The fraction of sp³-hybridized carbons (Fsp3) is 0.286. The van der Waals surface area contributed by atoms with Gasteiger partial charge in [0, 0.05) is 36.7 Å². The quantitative estimate of drug-likeness (QED) is 0.395. The highest BCUT2D eigenvalue weighted by Gasteiger charge is 2.31. The number of nitrogens with zero attached hydrogens (tertiary/aromatic N) is 3. The summed E-state index contributed by atoms with van der Waals surface area (Å²) in [7, 11) is 1.47. The van der Waals surface area contributed by atoms with E-state index in [4.69, 9.17) is 9.47 Å². The molecule has 0 unspecified atom stereocenters.